The third-order valence-electron chi connectivity index (χ3n) is 9.85. The molecule has 0 amide bonds. The molecule has 210 valence electrons. The Morgan fingerprint density at radius 1 is 0.628 bits per heavy atom. The molecular weight excluding hydrogens is 522 g/mol. The van der Waals surface area contributed by atoms with Gasteiger partial charge in [-0.05, 0) is 87.7 Å². The molecule has 4 aromatic carbocycles. The number of aromatic nitrogens is 2. The lowest BCUT2D eigenvalue weighted by Crippen LogP contribution is -2.43. The van der Waals surface area contributed by atoms with E-state index in [2.05, 4.69) is 145 Å². The van der Waals surface area contributed by atoms with Crippen molar-refractivity contribution in [2.75, 3.05) is 19.0 Å². The van der Waals surface area contributed by atoms with Crippen LogP contribution < -0.4 is 14.0 Å². The largest absolute Gasteiger partial charge is 0.378 e. The van der Waals surface area contributed by atoms with E-state index < -0.39 is 0 Å². The molecule has 0 aliphatic carbocycles. The zero-order valence-electron chi connectivity index (χ0n) is 25.5. The second-order valence-electron chi connectivity index (χ2n) is 12.5. The molecule has 2 aromatic heterocycles. The number of benzene rings is 4. The third-order valence-corrected chi connectivity index (χ3v) is 9.85. The highest BCUT2D eigenvalue weighted by Gasteiger charge is 2.37. The summed E-state index contributed by atoms with van der Waals surface area (Å²) in [6, 6.07) is 29.3. The first-order valence-electron chi connectivity index (χ1n) is 15.5. The van der Waals surface area contributed by atoms with Crippen molar-refractivity contribution in [3.05, 3.63) is 125 Å². The first-order chi connectivity index (χ1) is 21.0. The van der Waals surface area contributed by atoms with Gasteiger partial charge in [-0.1, -0.05) is 48.6 Å². The minimum atomic E-state index is 1.01. The maximum atomic E-state index is 2.49. The molecule has 3 heteroatoms. The van der Waals surface area contributed by atoms with Gasteiger partial charge in [0.15, 0.2) is 25.5 Å². The first-order valence-corrected chi connectivity index (χ1v) is 15.5. The molecule has 0 spiro atoms. The lowest BCUT2D eigenvalue weighted by molar-refractivity contribution is -0.689. The van der Waals surface area contributed by atoms with Crippen LogP contribution in [0.1, 0.15) is 33.4 Å². The standard InChI is InChI=1S/C40H37N3/c1-26-27(2)35-18-22-43-20-16-30-7-5-6-8-36(30)40(43)39(35)38-34(26)17-21-42-19-15-29(24-37(38)42)10-9-28-11-12-32-25-33(41(3)4)14-13-31(32)23-28/h5-16,19-20,23-25H,17-18,21-22H2,1-4H3/q+2. The number of nitrogens with zero attached hydrogens (tertiary/aromatic N) is 3. The number of pyridine rings is 2. The average Bonchev–Trinajstić information content (AvgIpc) is 3.04. The number of rotatable bonds is 3. The molecule has 43 heavy (non-hydrogen) atoms. The Bertz CT molecular complexity index is 2130. The van der Waals surface area contributed by atoms with Gasteiger partial charge in [-0.25, -0.2) is 0 Å². The van der Waals surface area contributed by atoms with Gasteiger partial charge in [-0.3, -0.25) is 0 Å². The van der Waals surface area contributed by atoms with E-state index in [1.54, 1.807) is 0 Å². The van der Waals surface area contributed by atoms with Gasteiger partial charge in [0, 0.05) is 50.8 Å². The monoisotopic (exact) mass is 559 g/mol. The normalized spacial score (nSPS) is 13.6. The maximum absolute atomic E-state index is 2.49. The molecule has 2 aliphatic heterocycles. The summed E-state index contributed by atoms with van der Waals surface area (Å²) in [5, 5.41) is 5.19. The van der Waals surface area contributed by atoms with Crippen molar-refractivity contribution in [1.82, 2.24) is 0 Å². The second-order valence-corrected chi connectivity index (χ2v) is 12.5. The SMILES string of the molecule is Cc1c(C)c2c(c3c1CC[n+]1ccc(C=Cc4ccc5cc(N(C)C)ccc5c4)cc1-3)-c1c3ccccc3cc[n+]1CC2. The van der Waals surface area contributed by atoms with Gasteiger partial charge in [0.1, 0.15) is 0 Å². The number of anilines is 1. The fourth-order valence-electron chi connectivity index (χ4n) is 7.37. The van der Waals surface area contributed by atoms with Crippen LogP contribution in [0.5, 0.6) is 0 Å². The van der Waals surface area contributed by atoms with Gasteiger partial charge in [0.05, 0.1) is 16.5 Å². The predicted octanol–water partition coefficient (Wildman–Crippen LogP) is 7.87. The van der Waals surface area contributed by atoms with Crippen LogP contribution in [0, 0.1) is 13.8 Å². The van der Waals surface area contributed by atoms with Crippen molar-refractivity contribution in [2.45, 2.75) is 39.8 Å². The van der Waals surface area contributed by atoms with Gasteiger partial charge >= 0.3 is 0 Å². The Hall–Kier alpha value is -4.76. The van der Waals surface area contributed by atoms with E-state index in [4.69, 9.17) is 0 Å². The minimum absolute atomic E-state index is 1.01. The van der Waals surface area contributed by atoms with E-state index in [1.165, 1.54) is 83.1 Å². The summed E-state index contributed by atoms with van der Waals surface area (Å²) in [6.07, 6.45) is 11.3. The minimum Gasteiger partial charge on any atom is -0.378 e. The Labute approximate surface area is 254 Å². The van der Waals surface area contributed by atoms with Crippen LogP contribution in [-0.4, -0.2) is 14.1 Å². The number of hydrogen-bond acceptors (Lipinski definition) is 1. The molecule has 0 saturated heterocycles. The number of fused-ring (bicyclic) bond motifs is 10. The zero-order chi connectivity index (χ0) is 29.2. The average molecular weight is 560 g/mol. The molecule has 4 heterocycles. The fourth-order valence-corrected chi connectivity index (χ4v) is 7.37. The fraction of sp³-hybridized carbons (Fsp3) is 0.200. The van der Waals surface area contributed by atoms with E-state index in [0.717, 1.165) is 25.9 Å². The lowest BCUT2D eigenvalue weighted by Gasteiger charge is -2.27. The van der Waals surface area contributed by atoms with Gasteiger partial charge in [0.2, 0.25) is 11.4 Å². The molecule has 0 saturated carbocycles. The van der Waals surface area contributed by atoms with Crippen LogP contribution >= 0.6 is 0 Å². The van der Waals surface area contributed by atoms with Crippen molar-refractivity contribution in [3.8, 4) is 22.5 Å². The molecule has 0 fully saturated rings. The summed E-state index contributed by atoms with van der Waals surface area (Å²) < 4.78 is 4.96. The molecule has 0 atom stereocenters. The Morgan fingerprint density at radius 3 is 2.12 bits per heavy atom. The lowest BCUT2D eigenvalue weighted by atomic mass is 9.79. The van der Waals surface area contributed by atoms with E-state index in [1.807, 2.05) is 0 Å². The predicted molar refractivity (Wildman–Crippen MR) is 179 cm³/mol. The van der Waals surface area contributed by atoms with E-state index in [0.29, 0.717) is 0 Å². The Balaban J connectivity index is 1.27. The molecule has 0 radical (unpaired) electrons. The summed E-state index contributed by atoms with van der Waals surface area (Å²) >= 11 is 0. The third kappa shape index (κ3) is 4.18. The van der Waals surface area contributed by atoms with Crippen LogP contribution in [0.3, 0.4) is 0 Å². The molecular formula is C40H37N3+2. The van der Waals surface area contributed by atoms with E-state index >= 15 is 0 Å². The van der Waals surface area contributed by atoms with Crippen LogP contribution in [0.15, 0.2) is 91.3 Å². The van der Waals surface area contributed by atoms with Crippen LogP contribution in [0.2, 0.25) is 0 Å². The smallest absolute Gasteiger partial charge is 0.221 e. The van der Waals surface area contributed by atoms with Crippen molar-refractivity contribution in [3.63, 3.8) is 0 Å². The quantitative estimate of drug-likeness (QED) is 0.201. The molecule has 0 N–H and O–H groups in total. The van der Waals surface area contributed by atoms with E-state index in [-0.39, 0.29) is 0 Å². The van der Waals surface area contributed by atoms with Gasteiger partial charge in [-0.15, -0.1) is 0 Å². The molecule has 3 nitrogen and oxygen atoms in total. The van der Waals surface area contributed by atoms with Crippen molar-refractivity contribution >= 4 is 39.4 Å². The zero-order valence-corrected chi connectivity index (χ0v) is 25.5. The van der Waals surface area contributed by atoms with Crippen molar-refractivity contribution in [1.29, 1.82) is 0 Å². The maximum Gasteiger partial charge on any atom is 0.221 e. The summed E-state index contributed by atoms with van der Waals surface area (Å²) in [5.41, 5.74) is 15.3. The highest BCUT2D eigenvalue weighted by atomic mass is 15.1. The van der Waals surface area contributed by atoms with Gasteiger partial charge in [0.25, 0.3) is 0 Å². The van der Waals surface area contributed by atoms with Crippen LogP contribution in [0.4, 0.5) is 5.69 Å². The Kier molecular flexibility index (Phi) is 5.97. The highest BCUT2D eigenvalue weighted by Crippen LogP contribution is 2.44. The summed E-state index contributed by atoms with van der Waals surface area (Å²) in [4.78, 5) is 2.15. The topological polar surface area (TPSA) is 11.0 Å². The molecule has 0 unspecified atom stereocenters. The van der Waals surface area contributed by atoms with Crippen molar-refractivity contribution < 1.29 is 9.13 Å². The summed E-state index contributed by atoms with van der Waals surface area (Å²) in [6.45, 7) is 6.74. The highest BCUT2D eigenvalue weighted by molar-refractivity contribution is 5.99. The molecule has 2 aliphatic rings. The first kappa shape index (κ1) is 25.9. The van der Waals surface area contributed by atoms with E-state index in [9.17, 15) is 0 Å². The molecule has 0 bridgehead atoms. The summed E-state index contributed by atoms with van der Waals surface area (Å²) in [7, 11) is 4.18. The summed E-state index contributed by atoms with van der Waals surface area (Å²) in [5.74, 6) is 0. The molecule has 6 aromatic rings. The number of aryl methyl sites for hydroxylation is 2. The molecule has 8 rings (SSSR count). The van der Waals surface area contributed by atoms with Crippen molar-refractivity contribution in [2.24, 2.45) is 0 Å². The van der Waals surface area contributed by atoms with Crippen LogP contribution in [0.25, 0.3) is 56.2 Å². The Morgan fingerprint density at radius 2 is 1.30 bits per heavy atom. The van der Waals surface area contributed by atoms with Gasteiger partial charge < -0.3 is 4.90 Å². The second kappa shape index (κ2) is 9.91. The number of hydrogen-bond donors (Lipinski definition) is 0. The van der Waals surface area contributed by atoms with Crippen LogP contribution in [-0.2, 0) is 25.9 Å². The van der Waals surface area contributed by atoms with Gasteiger partial charge in [-0.2, -0.15) is 9.13 Å².